The fraction of sp³-hybridized carbons (Fsp3) is 0.389. The third-order valence-electron chi connectivity index (χ3n) is 4.32. The van der Waals surface area contributed by atoms with E-state index in [-0.39, 0.29) is 5.91 Å². The summed E-state index contributed by atoms with van der Waals surface area (Å²) >= 11 is 1.66. The molecule has 1 amide bonds. The van der Waals surface area contributed by atoms with Gasteiger partial charge in [0.05, 0.1) is 19.8 Å². The highest BCUT2D eigenvalue weighted by Gasteiger charge is 2.23. The normalized spacial score (nSPS) is 13.2. The number of hydrogen-bond donors (Lipinski definition) is 2. The number of carbonyl (C=O) groups excluding carboxylic acids is 1. The van der Waals surface area contributed by atoms with Gasteiger partial charge in [0.25, 0.3) is 5.91 Å². The van der Waals surface area contributed by atoms with Gasteiger partial charge in [-0.15, -0.1) is 11.3 Å². The van der Waals surface area contributed by atoms with Crippen molar-refractivity contribution >= 4 is 22.2 Å². The maximum Gasteiger partial charge on any atom is 0.251 e. The zero-order valence-corrected chi connectivity index (χ0v) is 14.8. The number of thiophene rings is 1. The molecule has 0 bridgehead atoms. The number of benzene rings is 1. The number of amides is 1. The van der Waals surface area contributed by atoms with Gasteiger partial charge in [-0.2, -0.15) is 0 Å². The molecule has 1 heterocycles. The molecule has 1 aromatic carbocycles. The summed E-state index contributed by atoms with van der Waals surface area (Å²) in [6.07, 6.45) is 4.29. The molecule has 0 radical (unpaired) electrons. The molecule has 2 aromatic rings. The van der Waals surface area contributed by atoms with Crippen LogP contribution < -0.4 is 20.5 Å². The van der Waals surface area contributed by atoms with Gasteiger partial charge >= 0.3 is 0 Å². The molecule has 1 aliphatic rings. The topological polar surface area (TPSA) is 73.6 Å². The fourth-order valence-electron chi connectivity index (χ4n) is 3.12. The first kappa shape index (κ1) is 16.6. The minimum Gasteiger partial charge on any atom is -0.493 e. The molecule has 6 heteroatoms. The summed E-state index contributed by atoms with van der Waals surface area (Å²) in [5, 5.41) is 4.26. The molecule has 0 atom stereocenters. The van der Waals surface area contributed by atoms with E-state index in [1.54, 1.807) is 25.6 Å². The van der Waals surface area contributed by atoms with E-state index >= 15 is 0 Å². The average Bonchev–Trinajstić information content (AvgIpc) is 2.98. The van der Waals surface area contributed by atoms with Crippen molar-refractivity contribution in [2.75, 3.05) is 19.5 Å². The lowest BCUT2D eigenvalue weighted by Crippen LogP contribution is -2.16. The van der Waals surface area contributed by atoms with Gasteiger partial charge in [0.15, 0.2) is 11.5 Å². The highest BCUT2D eigenvalue weighted by Crippen LogP contribution is 2.38. The van der Waals surface area contributed by atoms with Gasteiger partial charge in [-0.3, -0.25) is 4.79 Å². The van der Waals surface area contributed by atoms with Gasteiger partial charge in [-0.25, -0.2) is 0 Å². The van der Waals surface area contributed by atoms with Crippen LogP contribution in [0.5, 0.6) is 11.5 Å². The zero-order valence-electron chi connectivity index (χ0n) is 14.0. The summed E-state index contributed by atoms with van der Waals surface area (Å²) in [5.74, 6) is 1.05. The molecule has 5 nitrogen and oxygen atoms in total. The Hall–Kier alpha value is -2.21. The maximum atomic E-state index is 11.9. The van der Waals surface area contributed by atoms with E-state index in [4.69, 9.17) is 15.2 Å². The molecule has 3 N–H and O–H groups in total. The molecule has 1 aliphatic carbocycles. The minimum atomic E-state index is -0.343. The quantitative estimate of drug-likeness (QED) is 0.841. The second-order valence-corrected chi connectivity index (χ2v) is 6.93. The van der Waals surface area contributed by atoms with Crippen molar-refractivity contribution in [3.8, 4) is 11.5 Å². The summed E-state index contributed by atoms with van der Waals surface area (Å²) in [7, 11) is 3.23. The van der Waals surface area contributed by atoms with E-state index < -0.39 is 0 Å². The lowest BCUT2D eigenvalue weighted by atomic mass is 9.95. The van der Waals surface area contributed by atoms with Crippen LogP contribution in [-0.4, -0.2) is 20.1 Å². The maximum absolute atomic E-state index is 11.9. The van der Waals surface area contributed by atoms with Gasteiger partial charge < -0.3 is 20.5 Å². The van der Waals surface area contributed by atoms with Crippen LogP contribution in [0, 0.1) is 0 Å². The monoisotopic (exact) mass is 346 g/mol. The number of rotatable bonds is 6. The molecule has 0 saturated carbocycles. The number of nitrogens with one attached hydrogen (secondary N) is 1. The largest absolute Gasteiger partial charge is 0.493 e. The van der Waals surface area contributed by atoms with Crippen LogP contribution in [0.15, 0.2) is 18.2 Å². The zero-order chi connectivity index (χ0) is 17.1. The second kappa shape index (κ2) is 7.13. The Balaban J connectivity index is 1.82. The molecule has 1 aromatic heterocycles. The van der Waals surface area contributed by atoms with Crippen LogP contribution in [-0.2, 0) is 19.4 Å². The smallest absolute Gasteiger partial charge is 0.251 e. The summed E-state index contributed by atoms with van der Waals surface area (Å²) in [4.78, 5) is 13.2. The van der Waals surface area contributed by atoms with Gasteiger partial charge in [0.1, 0.15) is 5.00 Å². The summed E-state index contributed by atoms with van der Waals surface area (Å²) in [6.45, 7) is 0.597. The Morgan fingerprint density at radius 3 is 2.67 bits per heavy atom. The van der Waals surface area contributed by atoms with Crippen molar-refractivity contribution in [1.29, 1.82) is 0 Å². The Morgan fingerprint density at radius 2 is 1.96 bits per heavy atom. The third-order valence-corrected chi connectivity index (χ3v) is 5.57. The van der Waals surface area contributed by atoms with Gasteiger partial charge in [-0.1, -0.05) is 6.07 Å². The lowest BCUT2D eigenvalue weighted by Gasteiger charge is -2.12. The first-order valence-electron chi connectivity index (χ1n) is 8.03. The van der Waals surface area contributed by atoms with Crippen molar-refractivity contribution < 1.29 is 14.3 Å². The Morgan fingerprint density at radius 1 is 1.21 bits per heavy atom. The van der Waals surface area contributed by atoms with Crippen molar-refractivity contribution in [3.05, 3.63) is 39.8 Å². The lowest BCUT2D eigenvalue weighted by molar-refractivity contribution is 0.100. The molecule has 0 unspecified atom stereocenters. The molecule has 0 saturated heterocycles. The van der Waals surface area contributed by atoms with E-state index in [1.165, 1.54) is 11.3 Å². The van der Waals surface area contributed by atoms with E-state index in [0.717, 1.165) is 35.4 Å². The van der Waals surface area contributed by atoms with Gasteiger partial charge in [-0.05, 0) is 48.9 Å². The Bertz CT molecular complexity index is 755. The summed E-state index contributed by atoms with van der Waals surface area (Å²) < 4.78 is 10.6. The van der Waals surface area contributed by atoms with Crippen molar-refractivity contribution in [1.82, 2.24) is 0 Å². The number of carbonyl (C=O) groups is 1. The number of primary amides is 1. The van der Waals surface area contributed by atoms with Crippen LogP contribution in [0.25, 0.3) is 0 Å². The number of aryl methyl sites for hydroxylation is 1. The number of anilines is 1. The van der Waals surface area contributed by atoms with Crippen LogP contribution in [0.1, 0.15) is 39.2 Å². The Labute approximate surface area is 145 Å². The number of ether oxygens (including phenoxy) is 2. The van der Waals surface area contributed by atoms with Crippen LogP contribution in [0.3, 0.4) is 0 Å². The number of nitrogens with two attached hydrogens (primary N) is 1. The molecule has 128 valence electrons. The molecule has 3 rings (SSSR count). The predicted molar refractivity (Wildman–Crippen MR) is 96.4 cm³/mol. The molecule has 0 fully saturated rings. The van der Waals surface area contributed by atoms with Crippen LogP contribution in [0.2, 0.25) is 0 Å². The molecule has 0 spiro atoms. The molecular weight excluding hydrogens is 324 g/mol. The molecule has 0 aliphatic heterocycles. The number of hydrogen-bond acceptors (Lipinski definition) is 5. The van der Waals surface area contributed by atoms with E-state index in [0.29, 0.717) is 23.6 Å². The standard InChI is InChI=1S/C18H22N2O3S/c1-22-13-8-7-11(9-14(13)23-2)10-20-18-16(17(19)21)12-5-3-4-6-15(12)24-18/h7-9,20H,3-6,10H2,1-2H3,(H2,19,21). The molecule has 24 heavy (non-hydrogen) atoms. The van der Waals surface area contributed by atoms with Crippen molar-refractivity contribution in [3.63, 3.8) is 0 Å². The highest BCUT2D eigenvalue weighted by atomic mass is 32.1. The number of fused-ring (bicyclic) bond motifs is 1. The third kappa shape index (κ3) is 3.19. The number of methoxy groups -OCH3 is 2. The SMILES string of the molecule is COc1ccc(CNc2sc3c(c2C(N)=O)CCCC3)cc1OC. The summed E-state index contributed by atoms with van der Waals surface area (Å²) in [5.41, 5.74) is 8.50. The van der Waals surface area contributed by atoms with Crippen LogP contribution >= 0.6 is 11.3 Å². The first-order valence-corrected chi connectivity index (χ1v) is 8.84. The van der Waals surface area contributed by atoms with E-state index in [2.05, 4.69) is 5.32 Å². The van der Waals surface area contributed by atoms with Gasteiger partial charge in [0, 0.05) is 11.4 Å². The average molecular weight is 346 g/mol. The van der Waals surface area contributed by atoms with Crippen LogP contribution in [0.4, 0.5) is 5.00 Å². The molecular formula is C18H22N2O3S. The Kier molecular flexibility index (Phi) is 4.94. The van der Waals surface area contributed by atoms with E-state index in [1.807, 2.05) is 18.2 Å². The fourth-order valence-corrected chi connectivity index (χ4v) is 4.41. The van der Waals surface area contributed by atoms with Crippen molar-refractivity contribution in [2.45, 2.75) is 32.2 Å². The predicted octanol–water partition coefficient (Wildman–Crippen LogP) is 3.36. The van der Waals surface area contributed by atoms with Gasteiger partial charge in [0.2, 0.25) is 0 Å². The minimum absolute atomic E-state index is 0.343. The first-order chi connectivity index (χ1) is 11.6. The van der Waals surface area contributed by atoms with E-state index in [9.17, 15) is 4.79 Å². The van der Waals surface area contributed by atoms with Crippen molar-refractivity contribution in [2.24, 2.45) is 5.73 Å². The highest BCUT2D eigenvalue weighted by molar-refractivity contribution is 7.16. The summed E-state index contributed by atoms with van der Waals surface area (Å²) in [6, 6.07) is 5.79. The second-order valence-electron chi connectivity index (χ2n) is 5.82.